The average molecular weight is 413 g/mol. The number of rotatable bonds is 3. The van der Waals surface area contributed by atoms with E-state index in [1.54, 1.807) is 0 Å². The van der Waals surface area contributed by atoms with Gasteiger partial charge < -0.3 is 5.11 Å². The Morgan fingerprint density at radius 3 is 2.80 bits per heavy atom. The number of alkyl halides is 2. The molecule has 2 nitrogen and oxygen atoms in total. The van der Waals surface area contributed by atoms with E-state index in [1.807, 2.05) is 0 Å². The van der Waals surface area contributed by atoms with E-state index in [1.165, 1.54) is 18.4 Å². The minimum Gasteiger partial charge on any atom is -0.387 e. The normalized spacial score (nSPS) is 49.0. The molecule has 0 aliphatic heterocycles. The first-order chi connectivity index (χ1) is 11.9. The van der Waals surface area contributed by atoms with Gasteiger partial charge in [0.05, 0.1) is 10.9 Å². The Morgan fingerprint density at radius 1 is 1.28 bits per heavy atom. The summed E-state index contributed by atoms with van der Waals surface area (Å²) in [5.74, 6) is 3.17. The summed E-state index contributed by atoms with van der Waals surface area (Å²) in [4.78, 5) is 12.4. The van der Waals surface area contributed by atoms with Crippen LogP contribution < -0.4 is 0 Å². The van der Waals surface area contributed by atoms with Crippen molar-refractivity contribution >= 4 is 21.7 Å². The van der Waals surface area contributed by atoms with Gasteiger partial charge in [-0.3, -0.25) is 4.79 Å². The molecular weight excluding hydrogens is 383 g/mol. The van der Waals surface area contributed by atoms with E-state index in [-0.39, 0.29) is 11.3 Å². The van der Waals surface area contributed by atoms with Crippen LogP contribution in [0.1, 0.15) is 58.3 Å². The molecule has 25 heavy (non-hydrogen) atoms. The van der Waals surface area contributed by atoms with Gasteiger partial charge in [0.2, 0.25) is 0 Å². The van der Waals surface area contributed by atoms with Crippen LogP contribution in [-0.2, 0) is 4.79 Å². The molecule has 0 unspecified atom stereocenters. The van der Waals surface area contributed by atoms with Crippen LogP contribution >= 0.6 is 15.9 Å². The predicted molar refractivity (Wildman–Crippen MR) is 100 cm³/mol. The van der Waals surface area contributed by atoms with Crippen molar-refractivity contribution in [2.75, 3.05) is 12.0 Å². The molecule has 0 amide bonds. The third-order valence-electron chi connectivity index (χ3n) is 8.36. The highest BCUT2D eigenvalue weighted by Gasteiger charge is 2.57. The van der Waals surface area contributed by atoms with Crippen LogP contribution in [0.3, 0.4) is 0 Å². The average Bonchev–Trinajstić information content (AvgIpc) is 2.98. The highest BCUT2D eigenvalue weighted by Crippen LogP contribution is 2.63. The number of allylic oxidation sites excluding steroid dienone is 1. The molecule has 0 radical (unpaired) electrons. The van der Waals surface area contributed by atoms with Crippen molar-refractivity contribution in [3.8, 4) is 0 Å². The Labute approximate surface area is 158 Å². The van der Waals surface area contributed by atoms with Crippen molar-refractivity contribution in [1.82, 2.24) is 0 Å². The third kappa shape index (κ3) is 2.77. The number of fused-ring (bicyclic) bond motifs is 5. The number of halogens is 2. The summed E-state index contributed by atoms with van der Waals surface area (Å²) >= 11 is 3.38. The highest BCUT2D eigenvalue weighted by atomic mass is 79.9. The molecule has 7 atom stereocenters. The van der Waals surface area contributed by atoms with Gasteiger partial charge in [0.25, 0.3) is 0 Å². The van der Waals surface area contributed by atoms with Gasteiger partial charge in [-0.25, -0.2) is 4.39 Å². The molecule has 0 heterocycles. The standard InChI is InChI=1S/C21H30BrFO2/c1-20-8-6-15-14-7-9-21(25,12-23)10-13(14)2-3-16(15)17(20)4-5-18(20)19(24)11-22/h2,14-18,25H,3-12H2,1H3/t14-,15+,16+,17-,18+,20-,21+/m0/s1. The van der Waals surface area contributed by atoms with Crippen molar-refractivity contribution in [2.45, 2.75) is 63.9 Å². The van der Waals surface area contributed by atoms with Crippen LogP contribution in [0.15, 0.2) is 11.6 Å². The topological polar surface area (TPSA) is 37.3 Å². The summed E-state index contributed by atoms with van der Waals surface area (Å²) in [5.41, 5.74) is 0.382. The first-order valence-electron chi connectivity index (χ1n) is 9.98. The van der Waals surface area contributed by atoms with Gasteiger partial charge in [-0.15, -0.1) is 0 Å². The zero-order valence-electron chi connectivity index (χ0n) is 15.1. The molecule has 0 aromatic rings. The summed E-state index contributed by atoms with van der Waals surface area (Å²) < 4.78 is 13.2. The lowest BCUT2D eigenvalue weighted by Gasteiger charge is -2.54. The molecule has 0 saturated heterocycles. The monoisotopic (exact) mass is 412 g/mol. The Bertz CT molecular complexity index is 590. The molecule has 4 heteroatoms. The van der Waals surface area contributed by atoms with Crippen LogP contribution in [0.5, 0.6) is 0 Å². The maximum absolute atomic E-state index is 13.2. The highest BCUT2D eigenvalue weighted by molar-refractivity contribution is 9.09. The smallest absolute Gasteiger partial charge is 0.147 e. The third-order valence-corrected chi connectivity index (χ3v) is 8.91. The van der Waals surface area contributed by atoms with E-state index < -0.39 is 12.3 Å². The number of hydrogen-bond donors (Lipinski definition) is 1. The Kier molecular flexibility index (Phi) is 4.68. The minimum absolute atomic E-state index is 0.172. The van der Waals surface area contributed by atoms with E-state index in [0.29, 0.717) is 47.6 Å². The largest absolute Gasteiger partial charge is 0.387 e. The summed E-state index contributed by atoms with van der Waals surface area (Å²) in [6.45, 7) is 1.75. The van der Waals surface area contributed by atoms with Gasteiger partial charge in [0.1, 0.15) is 12.5 Å². The summed E-state index contributed by atoms with van der Waals surface area (Å²) in [6, 6.07) is 0. The molecule has 0 aromatic carbocycles. The molecule has 0 bridgehead atoms. The molecule has 4 rings (SSSR count). The Balaban J connectivity index is 1.57. The SMILES string of the molecule is C[C@]12CC[C@H]3[C@@H](CC=C4C[C@@](O)(CF)CC[C@@H]43)[C@@H]1CC[C@@H]2C(=O)CBr. The predicted octanol–water partition coefficient (Wildman–Crippen LogP) is 4.84. The second-order valence-corrected chi connectivity index (χ2v) is 9.96. The zero-order chi connectivity index (χ0) is 17.8. The van der Waals surface area contributed by atoms with Crippen LogP contribution in [0.4, 0.5) is 4.39 Å². The van der Waals surface area contributed by atoms with E-state index in [2.05, 4.69) is 28.9 Å². The fraction of sp³-hybridized carbons (Fsp3) is 0.857. The summed E-state index contributed by atoms with van der Waals surface area (Å²) in [7, 11) is 0. The molecule has 4 aliphatic rings. The van der Waals surface area contributed by atoms with Crippen molar-refractivity contribution in [1.29, 1.82) is 0 Å². The lowest BCUT2D eigenvalue weighted by molar-refractivity contribution is -0.126. The molecule has 140 valence electrons. The van der Waals surface area contributed by atoms with Gasteiger partial charge in [0, 0.05) is 5.92 Å². The fourth-order valence-corrected chi connectivity index (χ4v) is 7.49. The van der Waals surface area contributed by atoms with Crippen LogP contribution in [-0.4, -0.2) is 28.5 Å². The molecule has 1 N–H and O–H groups in total. The van der Waals surface area contributed by atoms with Crippen molar-refractivity contribution in [2.24, 2.45) is 35.0 Å². The summed E-state index contributed by atoms with van der Waals surface area (Å²) in [5, 5.41) is 10.9. The maximum atomic E-state index is 13.2. The number of carbonyl (C=O) groups is 1. The number of ketones is 1. The van der Waals surface area contributed by atoms with Gasteiger partial charge in [-0.05, 0) is 80.5 Å². The van der Waals surface area contributed by atoms with Crippen molar-refractivity contribution in [3.05, 3.63) is 11.6 Å². The maximum Gasteiger partial charge on any atom is 0.147 e. The molecule has 0 aromatic heterocycles. The van der Waals surface area contributed by atoms with E-state index in [4.69, 9.17) is 0 Å². The Morgan fingerprint density at radius 2 is 2.08 bits per heavy atom. The van der Waals surface area contributed by atoms with E-state index >= 15 is 0 Å². The summed E-state index contributed by atoms with van der Waals surface area (Å²) in [6.07, 6.45) is 10.0. The first-order valence-corrected chi connectivity index (χ1v) is 11.1. The minimum atomic E-state index is -1.11. The zero-order valence-corrected chi connectivity index (χ0v) is 16.7. The Hall–Kier alpha value is -0.220. The lowest BCUT2D eigenvalue weighted by atomic mass is 9.51. The van der Waals surface area contributed by atoms with Crippen LogP contribution in [0.2, 0.25) is 0 Å². The molecular formula is C21H30BrFO2. The van der Waals surface area contributed by atoms with Gasteiger partial charge >= 0.3 is 0 Å². The van der Waals surface area contributed by atoms with Crippen molar-refractivity contribution in [3.63, 3.8) is 0 Å². The second kappa shape index (κ2) is 6.44. The number of carbonyl (C=O) groups excluding carboxylic acids is 1. The lowest BCUT2D eigenvalue weighted by Crippen LogP contribution is -2.49. The number of Topliss-reactive ketones (excluding diaryl/α,β-unsaturated/α-hetero) is 1. The molecule has 3 fully saturated rings. The number of aliphatic hydroxyl groups is 1. The molecule has 4 aliphatic carbocycles. The van der Waals surface area contributed by atoms with E-state index in [0.717, 1.165) is 25.7 Å². The van der Waals surface area contributed by atoms with Crippen LogP contribution in [0, 0.1) is 35.0 Å². The van der Waals surface area contributed by atoms with Crippen LogP contribution in [0.25, 0.3) is 0 Å². The van der Waals surface area contributed by atoms with Gasteiger partial charge in [-0.1, -0.05) is 34.5 Å². The van der Waals surface area contributed by atoms with Gasteiger partial charge in [0.15, 0.2) is 0 Å². The number of hydrogen-bond acceptors (Lipinski definition) is 2. The van der Waals surface area contributed by atoms with Gasteiger partial charge in [-0.2, -0.15) is 0 Å². The fourth-order valence-electron chi connectivity index (χ4n) is 7.10. The quantitative estimate of drug-likeness (QED) is 0.531. The molecule has 0 spiro atoms. The molecule has 3 saturated carbocycles. The second-order valence-electron chi connectivity index (χ2n) is 9.40. The van der Waals surface area contributed by atoms with E-state index in [9.17, 15) is 14.3 Å². The first kappa shape index (κ1) is 18.2. The van der Waals surface area contributed by atoms with Crippen molar-refractivity contribution < 1.29 is 14.3 Å².